The maximum atomic E-state index is 12.7. The van der Waals surface area contributed by atoms with Crippen LogP contribution in [0.5, 0.6) is 11.5 Å². The lowest BCUT2D eigenvalue weighted by atomic mass is 9.82. The number of aryl methyl sites for hydroxylation is 2. The van der Waals surface area contributed by atoms with Gasteiger partial charge < -0.3 is 13.9 Å². The number of unbranched alkanes of at least 4 members (excludes halogenated alkanes) is 5. The molecule has 1 atom stereocenters. The second-order valence-electron chi connectivity index (χ2n) is 9.93. The molecule has 35 heavy (non-hydrogen) atoms. The molecule has 184 valence electrons. The van der Waals surface area contributed by atoms with Crippen molar-refractivity contribution >= 4 is 16.9 Å². The van der Waals surface area contributed by atoms with Gasteiger partial charge in [0.2, 0.25) is 0 Å². The topological polar surface area (TPSA) is 65.7 Å². The molecule has 5 rings (SSSR count). The number of benzene rings is 2. The van der Waals surface area contributed by atoms with E-state index >= 15 is 0 Å². The molecule has 0 saturated carbocycles. The minimum atomic E-state index is -0.264. The van der Waals surface area contributed by atoms with Crippen LogP contribution in [0.15, 0.2) is 39.5 Å². The van der Waals surface area contributed by atoms with Crippen molar-refractivity contribution in [2.45, 2.75) is 84.0 Å². The van der Waals surface area contributed by atoms with Gasteiger partial charge in [0, 0.05) is 17.0 Å². The van der Waals surface area contributed by atoms with Crippen LogP contribution in [-0.2, 0) is 17.6 Å². The van der Waals surface area contributed by atoms with Crippen molar-refractivity contribution in [3.63, 3.8) is 0 Å². The van der Waals surface area contributed by atoms with Crippen LogP contribution >= 0.6 is 0 Å². The van der Waals surface area contributed by atoms with E-state index in [-0.39, 0.29) is 23.9 Å². The van der Waals surface area contributed by atoms with Gasteiger partial charge in [-0.3, -0.25) is 4.79 Å². The van der Waals surface area contributed by atoms with E-state index in [1.54, 1.807) is 0 Å². The molecular formula is C30H34O5. The summed E-state index contributed by atoms with van der Waals surface area (Å²) in [6, 6.07) is 10.0. The zero-order valence-electron chi connectivity index (χ0n) is 20.8. The Bertz CT molecular complexity index is 1290. The summed E-state index contributed by atoms with van der Waals surface area (Å²) >= 11 is 0. The fourth-order valence-electron chi connectivity index (χ4n) is 5.66. The highest BCUT2D eigenvalue weighted by Crippen LogP contribution is 2.47. The second kappa shape index (κ2) is 10.3. The number of esters is 1. The van der Waals surface area contributed by atoms with Crippen molar-refractivity contribution in [2.75, 3.05) is 6.61 Å². The summed E-state index contributed by atoms with van der Waals surface area (Å²) in [5, 5.41) is 0.801. The summed E-state index contributed by atoms with van der Waals surface area (Å²) in [6.07, 6.45) is 10.2. The molecule has 5 nitrogen and oxygen atoms in total. The number of carbonyl (C=O) groups is 1. The lowest BCUT2D eigenvalue weighted by molar-refractivity contribution is -0.135. The Hall–Kier alpha value is -3.08. The Morgan fingerprint density at radius 1 is 0.971 bits per heavy atom. The third-order valence-electron chi connectivity index (χ3n) is 7.44. The summed E-state index contributed by atoms with van der Waals surface area (Å²) in [5.74, 6) is 1.07. The van der Waals surface area contributed by atoms with Crippen LogP contribution < -0.4 is 15.1 Å². The van der Waals surface area contributed by atoms with Crippen LogP contribution in [0, 0.1) is 6.92 Å². The van der Waals surface area contributed by atoms with Gasteiger partial charge in [-0.05, 0) is 67.5 Å². The van der Waals surface area contributed by atoms with E-state index in [2.05, 4.69) is 19.1 Å². The minimum Gasteiger partial charge on any atom is -0.494 e. The zero-order chi connectivity index (χ0) is 24.4. The molecule has 1 aromatic heterocycles. The molecule has 5 heteroatoms. The molecular weight excluding hydrogens is 440 g/mol. The monoisotopic (exact) mass is 474 g/mol. The van der Waals surface area contributed by atoms with Gasteiger partial charge in [-0.1, -0.05) is 51.2 Å². The Labute approximate surface area is 206 Å². The number of hydrogen-bond donors (Lipinski definition) is 0. The van der Waals surface area contributed by atoms with Gasteiger partial charge in [0.15, 0.2) is 0 Å². The molecule has 0 N–H and O–H groups in total. The fraction of sp³-hybridized carbons (Fsp3) is 0.467. The predicted molar refractivity (Wildman–Crippen MR) is 137 cm³/mol. The Kier molecular flexibility index (Phi) is 6.94. The predicted octanol–water partition coefficient (Wildman–Crippen LogP) is 6.77. The van der Waals surface area contributed by atoms with Crippen molar-refractivity contribution in [3.8, 4) is 11.5 Å². The quantitative estimate of drug-likeness (QED) is 0.148. The van der Waals surface area contributed by atoms with Gasteiger partial charge in [-0.15, -0.1) is 0 Å². The normalized spacial score (nSPS) is 16.7. The molecule has 1 aliphatic carbocycles. The average molecular weight is 475 g/mol. The Morgan fingerprint density at radius 2 is 1.71 bits per heavy atom. The van der Waals surface area contributed by atoms with Gasteiger partial charge in [-0.2, -0.15) is 0 Å². The summed E-state index contributed by atoms with van der Waals surface area (Å²) < 4.78 is 17.5. The number of hydrogen-bond acceptors (Lipinski definition) is 5. The van der Waals surface area contributed by atoms with E-state index in [1.807, 2.05) is 25.1 Å². The van der Waals surface area contributed by atoms with Crippen molar-refractivity contribution in [1.29, 1.82) is 0 Å². The number of ether oxygens (including phenoxy) is 2. The van der Waals surface area contributed by atoms with Gasteiger partial charge in [0.25, 0.3) is 0 Å². The van der Waals surface area contributed by atoms with Crippen molar-refractivity contribution in [3.05, 3.63) is 68.6 Å². The third-order valence-corrected chi connectivity index (χ3v) is 7.44. The zero-order valence-corrected chi connectivity index (χ0v) is 20.8. The summed E-state index contributed by atoms with van der Waals surface area (Å²) in [6.45, 7) is 4.96. The first kappa shape index (κ1) is 23.7. The largest absolute Gasteiger partial charge is 0.494 e. The van der Waals surface area contributed by atoms with Gasteiger partial charge >= 0.3 is 11.6 Å². The molecule has 0 bridgehead atoms. The van der Waals surface area contributed by atoms with E-state index in [0.717, 1.165) is 64.8 Å². The van der Waals surface area contributed by atoms with Gasteiger partial charge in [0.05, 0.1) is 18.4 Å². The Balaban J connectivity index is 1.40. The van der Waals surface area contributed by atoms with E-state index in [0.29, 0.717) is 17.8 Å². The molecule has 0 fully saturated rings. The van der Waals surface area contributed by atoms with Crippen LogP contribution in [0.2, 0.25) is 0 Å². The van der Waals surface area contributed by atoms with Crippen LogP contribution in [0.4, 0.5) is 0 Å². The van der Waals surface area contributed by atoms with Crippen LogP contribution in [-0.4, -0.2) is 12.6 Å². The van der Waals surface area contributed by atoms with E-state index in [9.17, 15) is 9.59 Å². The van der Waals surface area contributed by atoms with Crippen LogP contribution in [0.3, 0.4) is 0 Å². The number of fused-ring (bicyclic) bond motifs is 5. The van der Waals surface area contributed by atoms with E-state index in [4.69, 9.17) is 13.9 Å². The molecule has 0 radical (unpaired) electrons. The molecule has 0 saturated heterocycles. The first-order valence-corrected chi connectivity index (χ1v) is 13.1. The maximum absolute atomic E-state index is 12.7. The highest BCUT2D eigenvalue weighted by atomic mass is 16.5. The third kappa shape index (κ3) is 4.73. The molecule has 1 aliphatic heterocycles. The highest BCUT2D eigenvalue weighted by molar-refractivity contribution is 5.94. The van der Waals surface area contributed by atoms with Crippen LogP contribution in [0.25, 0.3) is 11.0 Å². The number of carbonyl (C=O) groups excluding carboxylic acids is 1. The van der Waals surface area contributed by atoms with Crippen LogP contribution in [0.1, 0.15) is 92.0 Å². The molecule has 0 amide bonds. The smallest absolute Gasteiger partial charge is 0.339 e. The van der Waals surface area contributed by atoms with E-state index < -0.39 is 0 Å². The van der Waals surface area contributed by atoms with Crippen molar-refractivity contribution in [2.24, 2.45) is 0 Å². The van der Waals surface area contributed by atoms with Gasteiger partial charge in [-0.25, -0.2) is 4.79 Å². The fourth-order valence-corrected chi connectivity index (χ4v) is 5.66. The molecule has 0 spiro atoms. The highest BCUT2D eigenvalue weighted by Gasteiger charge is 2.34. The first-order valence-electron chi connectivity index (χ1n) is 13.1. The SMILES string of the molecule is CCCCCCCCOc1ccc([C@H]2CC(=O)Oc3c2c(C)cc2oc(=O)c4c(c32)CCC4)cc1. The standard InChI is InChI=1S/C30H34O5/c1-3-4-5-6-7-8-16-33-21-14-12-20(13-15-21)24-18-26(31)35-29-27(24)19(2)17-25-28(29)22-10-9-11-23(22)30(32)34-25/h12-15,17,24H,3-11,16,18H2,1-2H3/t24-/m1/s1. The minimum absolute atomic E-state index is 0.104. The molecule has 3 aromatic rings. The molecule has 2 heterocycles. The summed E-state index contributed by atoms with van der Waals surface area (Å²) in [5.41, 5.74) is 5.01. The lowest BCUT2D eigenvalue weighted by Crippen LogP contribution is -2.23. The average Bonchev–Trinajstić information content (AvgIpc) is 3.34. The maximum Gasteiger partial charge on any atom is 0.339 e. The molecule has 2 aliphatic rings. The molecule has 2 aromatic carbocycles. The summed E-state index contributed by atoms with van der Waals surface area (Å²) in [7, 11) is 0. The van der Waals surface area contributed by atoms with Gasteiger partial charge in [0.1, 0.15) is 17.1 Å². The summed E-state index contributed by atoms with van der Waals surface area (Å²) in [4.78, 5) is 25.2. The van der Waals surface area contributed by atoms with Crippen molar-refractivity contribution < 1.29 is 18.7 Å². The molecule has 0 unspecified atom stereocenters. The second-order valence-corrected chi connectivity index (χ2v) is 9.93. The van der Waals surface area contributed by atoms with E-state index in [1.165, 1.54) is 32.1 Å². The Morgan fingerprint density at radius 3 is 2.51 bits per heavy atom. The lowest BCUT2D eigenvalue weighted by Gasteiger charge is -2.28. The van der Waals surface area contributed by atoms with Crippen molar-refractivity contribution in [1.82, 2.24) is 0 Å². The number of rotatable bonds is 9. The first-order chi connectivity index (χ1) is 17.1.